The van der Waals surface area contributed by atoms with E-state index in [1.807, 2.05) is 6.92 Å². The van der Waals surface area contributed by atoms with E-state index in [2.05, 4.69) is 36.1 Å². The Morgan fingerprint density at radius 1 is 1.24 bits per heavy atom. The van der Waals surface area contributed by atoms with Gasteiger partial charge in [0.25, 0.3) is 0 Å². The Balaban J connectivity index is 2.13. The molecule has 0 bridgehead atoms. The van der Waals surface area contributed by atoms with Crippen molar-refractivity contribution in [1.82, 2.24) is 0 Å². The summed E-state index contributed by atoms with van der Waals surface area (Å²) in [5, 5.41) is 0. The Morgan fingerprint density at radius 3 is 2.29 bits per heavy atom. The minimum Gasteiger partial charge on any atom is -0.369 e. The smallest absolute Gasteiger partial charge is 0.0368 e. The lowest BCUT2D eigenvalue weighted by molar-refractivity contribution is 0.620. The highest BCUT2D eigenvalue weighted by Gasteiger charge is 2.21. The minimum absolute atomic E-state index is 0.130. The summed E-state index contributed by atoms with van der Waals surface area (Å²) in [5.41, 5.74) is 8.45. The van der Waals surface area contributed by atoms with Crippen LogP contribution in [0.5, 0.6) is 0 Å². The van der Waals surface area contributed by atoms with E-state index in [1.54, 1.807) is 0 Å². The second kappa shape index (κ2) is 5.54. The number of benzene rings is 1. The maximum atomic E-state index is 5.88. The molecule has 0 heterocycles. The van der Waals surface area contributed by atoms with Crippen molar-refractivity contribution in [1.29, 1.82) is 0 Å². The number of nitrogens with zero attached hydrogens (tertiary/aromatic N) is 1. The Bertz CT molecular complexity index is 336. The molecule has 0 spiro atoms. The number of nitrogens with two attached hydrogens (primary N) is 1. The number of hydrogen-bond acceptors (Lipinski definition) is 2. The van der Waals surface area contributed by atoms with Gasteiger partial charge in [-0.1, -0.05) is 25.0 Å². The van der Waals surface area contributed by atoms with Crippen molar-refractivity contribution in [2.24, 2.45) is 5.73 Å². The zero-order chi connectivity index (χ0) is 12.3. The molecule has 0 aromatic heterocycles. The second-order valence-corrected chi connectivity index (χ2v) is 5.10. The van der Waals surface area contributed by atoms with Crippen molar-refractivity contribution in [3.63, 3.8) is 0 Å². The van der Waals surface area contributed by atoms with E-state index in [4.69, 9.17) is 5.73 Å². The second-order valence-electron chi connectivity index (χ2n) is 5.10. The van der Waals surface area contributed by atoms with Gasteiger partial charge in [-0.05, 0) is 44.4 Å². The summed E-state index contributed by atoms with van der Waals surface area (Å²) in [5.74, 6) is 0. The lowest BCUT2D eigenvalue weighted by Crippen LogP contribution is -2.32. The van der Waals surface area contributed by atoms with E-state index >= 15 is 0 Å². The molecule has 94 valence electrons. The predicted octanol–water partition coefficient (Wildman–Crippen LogP) is 3.48. The fourth-order valence-electron chi connectivity index (χ4n) is 2.84. The number of anilines is 1. The summed E-state index contributed by atoms with van der Waals surface area (Å²) in [4.78, 5) is 2.54. The highest BCUT2D eigenvalue weighted by atomic mass is 15.2. The highest BCUT2D eigenvalue weighted by Crippen LogP contribution is 2.28. The third-order valence-corrected chi connectivity index (χ3v) is 3.86. The monoisotopic (exact) mass is 232 g/mol. The Labute approximate surface area is 105 Å². The van der Waals surface area contributed by atoms with E-state index in [9.17, 15) is 0 Å². The molecule has 1 fully saturated rings. The molecule has 0 unspecified atom stereocenters. The first-order valence-corrected chi connectivity index (χ1v) is 6.84. The van der Waals surface area contributed by atoms with Crippen LogP contribution >= 0.6 is 0 Å². The zero-order valence-electron chi connectivity index (χ0n) is 11.0. The lowest BCUT2D eigenvalue weighted by Gasteiger charge is -2.30. The first-order valence-electron chi connectivity index (χ1n) is 6.84. The van der Waals surface area contributed by atoms with Crippen LogP contribution in [0.4, 0.5) is 5.69 Å². The molecule has 17 heavy (non-hydrogen) atoms. The molecule has 1 aliphatic carbocycles. The zero-order valence-corrected chi connectivity index (χ0v) is 11.0. The highest BCUT2D eigenvalue weighted by molar-refractivity contribution is 5.49. The molecule has 2 heteroatoms. The summed E-state index contributed by atoms with van der Waals surface area (Å²) in [6, 6.07) is 9.66. The topological polar surface area (TPSA) is 29.3 Å². The molecule has 1 aliphatic rings. The van der Waals surface area contributed by atoms with Crippen LogP contribution in [-0.2, 0) is 0 Å². The third-order valence-electron chi connectivity index (χ3n) is 3.86. The summed E-state index contributed by atoms with van der Waals surface area (Å²) < 4.78 is 0. The molecular weight excluding hydrogens is 208 g/mol. The van der Waals surface area contributed by atoms with Gasteiger partial charge in [0.2, 0.25) is 0 Å². The SMILES string of the molecule is CCN(c1ccc([C@H](C)N)cc1)C1CCCC1. The van der Waals surface area contributed by atoms with Crippen molar-refractivity contribution >= 4 is 5.69 Å². The predicted molar refractivity (Wildman–Crippen MR) is 74.3 cm³/mol. The molecule has 0 radical (unpaired) electrons. The molecule has 2 N–H and O–H groups in total. The number of rotatable bonds is 4. The first kappa shape index (κ1) is 12.4. The van der Waals surface area contributed by atoms with Gasteiger partial charge in [-0.25, -0.2) is 0 Å². The molecule has 1 aromatic rings. The Hall–Kier alpha value is -1.02. The number of hydrogen-bond donors (Lipinski definition) is 1. The summed E-state index contributed by atoms with van der Waals surface area (Å²) in [6.45, 7) is 5.38. The minimum atomic E-state index is 0.130. The fourth-order valence-corrected chi connectivity index (χ4v) is 2.84. The van der Waals surface area contributed by atoms with Gasteiger partial charge in [0.05, 0.1) is 0 Å². The van der Waals surface area contributed by atoms with E-state index in [-0.39, 0.29) is 6.04 Å². The molecular formula is C15H24N2. The van der Waals surface area contributed by atoms with Crippen molar-refractivity contribution in [2.45, 2.75) is 51.6 Å². The Morgan fingerprint density at radius 2 is 1.82 bits per heavy atom. The lowest BCUT2D eigenvalue weighted by atomic mass is 10.1. The summed E-state index contributed by atoms with van der Waals surface area (Å²) >= 11 is 0. The molecule has 1 aromatic carbocycles. The standard InChI is InChI=1S/C15H24N2/c1-3-17(14-6-4-5-7-14)15-10-8-13(9-11-15)12(2)16/h8-12,14H,3-7,16H2,1-2H3/t12-/m0/s1. The van der Waals surface area contributed by atoms with Gasteiger partial charge in [-0.2, -0.15) is 0 Å². The van der Waals surface area contributed by atoms with Gasteiger partial charge < -0.3 is 10.6 Å². The van der Waals surface area contributed by atoms with E-state index in [1.165, 1.54) is 36.9 Å². The Kier molecular flexibility index (Phi) is 4.06. The summed E-state index contributed by atoms with van der Waals surface area (Å²) in [7, 11) is 0. The quantitative estimate of drug-likeness (QED) is 0.861. The van der Waals surface area contributed by atoms with Crippen molar-refractivity contribution < 1.29 is 0 Å². The average Bonchev–Trinajstić information content (AvgIpc) is 2.84. The van der Waals surface area contributed by atoms with Gasteiger partial charge in [-0.3, -0.25) is 0 Å². The molecule has 1 saturated carbocycles. The largest absolute Gasteiger partial charge is 0.369 e. The van der Waals surface area contributed by atoms with Gasteiger partial charge >= 0.3 is 0 Å². The molecule has 0 saturated heterocycles. The van der Waals surface area contributed by atoms with E-state index in [0.29, 0.717) is 0 Å². The van der Waals surface area contributed by atoms with Crippen LogP contribution in [0, 0.1) is 0 Å². The summed E-state index contributed by atoms with van der Waals surface area (Å²) in [6.07, 6.45) is 5.48. The third kappa shape index (κ3) is 2.81. The fraction of sp³-hybridized carbons (Fsp3) is 0.600. The van der Waals surface area contributed by atoms with Crippen LogP contribution in [0.1, 0.15) is 51.1 Å². The van der Waals surface area contributed by atoms with Crippen LogP contribution in [0.2, 0.25) is 0 Å². The van der Waals surface area contributed by atoms with Crippen LogP contribution in [-0.4, -0.2) is 12.6 Å². The van der Waals surface area contributed by atoms with Gasteiger partial charge in [0.15, 0.2) is 0 Å². The van der Waals surface area contributed by atoms with Crippen LogP contribution in [0.15, 0.2) is 24.3 Å². The van der Waals surface area contributed by atoms with E-state index < -0.39 is 0 Å². The van der Waals surface area contributed by atoms with Crippen molar-refractivity contribution in [3.8, 4) is 0 Å². The first-order chi connectivity index (χ1) is 8.22. The molecule has 2 rings (SSSR count). The molecule has 0 aliphatic heterocycles. The maximum absolute atomic E-state index is 5.88. The van der Waals surface area contributed by atoms with Gasteiger partial charge in [-0.15, -0.1) is 0 Å². The maximum Gasteiger partial charge on any atom is 0.0368 e. The van der Waals surface area contributed by atoms with Gasteiger partial charge in [0.1, 0.15) is 0 Å². The van der Waals surface area contributed by atoms with Crippen LogP contribution in [0.3, 0.4) is 0 Å². The van der Waals surface area contributed by atoms with Gasteiger partial charge in [0, 0.05) is 24.3 Å². The van der Waals surface area contributed by atoms with Crippen LogP contribution < -0.4 is 10.6 Å². The molecule has 2 nitrogen and oxygen atoms in total. The molecule has 1 atom stereocenters. The van der Waals surface area contributed by atoms with Crippen molar-refractivity contribution in [3.05, 3.63) is 29.8 Å². The van der Waals surface area contributed by atoms with Crippen LogP contribution in [0.25, 0.3) is 0 Å². The molecule has 0 amide bonds. The van der Waals surface area contributed by atoms with E-state index in [0.717, 1.165) is 12.6 Å². The normalized spacial score (nSPS) is 18.3. The van der Waals surface area contributed by atoms with Crippen molar-refractivity contribution in [2.75, 3.05) is 11.4 Å². The average molecular weight is 232 g/mol.